The molecule has 0 aromatic heterocycles. The van der Waals surface area contributed by atoms with Gasteiger partial charge in [-0.2, -0.15) is 0 Å². The molecule has 0 atom stereocenters. The molecule has 3 heteroatoms. The van der Waals surface area contributed by atoms with Gasteiger partial charge in [-0.15, -0.1) is 0 Å². The van der Waals surface area contributed by atoms with Crippen molar-refractivity contribution in [3.8, 4) is 0 Å². The van der Waals surface area contributed by atoms with E-state index < -0.39 is 0 Å². The Balaban J connectivity index is 3.39. The van der Waals surface area contributed by atoms with E-state index in [1.807, 2.05) is 0 Å². The maximum Gasteiger partial charge on any atom is 0.227 e. The van der Waals surface area contributed by atoms with Crippen LogP contribution in [0.1, 0.15) is 13.3 Å². The number of Topliss-reactive ketones (excluding diaryl/α,β-unsaturated/α-hetero) is 1. The highest BCUT2D eigenvalue weighted by Crippen LogP contribution is 1.79. The minimum atomic E-state index is -0.252. The summed E-state index contributed by atoms with van der Waals surface area (Å²) in [7, 11) is 0. The van der Waals surface area contributed by atoms with Crippen LogP contribution in [0, 0.1) is 6.92 Å². The van der Waals surface area contributed by atoms with Gasteiger partial charge >= 0.3 is 0 Å². The summed E-state index contributed by atoms with van der Waals surface area (Å²) in [5.74, 6) is -0.376. The Hall–Kier alpha value is -0.860. The molecule has 1 amide bonds. The van der Waals surface area contributed by atoms with E-state index in [2.05, 4.69) is 12.2 Å². The third kappa shape index (κ3) is 5.00. The molecule has 0 saturated heterocycles. The van der Waals surface area contributed by atoms with Crippen molar-refractivity contribution in [3.63, 3.8) is 0 Å². The van der Waals surface area contributed by atoms with Crippen LogP contribution in [0.25, 0.3) is 0 Å². The fraction of sp³-hybridized carbons (Fsp3) is 0.500. The molecule has 0 heterocycles. The van der Waals surface area contributed by atoms with Crippen molar-refractivity contribution in [2.45, 2.75) is 13.3 Å². The minimum absolute atomic E-state index is 0.0322. The number of ketones is 1. The van der Waals surface area contributed by atoms with E-state index in [0.29, 0.717) is 6.54 Å². The van der Waals surface area contributed by atoms with Crippen LogP contribution in [0.4, 0.5) is 0 Å². The van der Waals surface area contributed by atoms with Gasteiger partial charge in [0.2, 0.25) is 5.91 Å². The summed E-state index contributed by atoms with van der Waals surface area (Å²) in [6.45, 7) is 5.11. The van der Waals surface area contributed by atoms with Gasteiger partial charge in [-0.25, -0.2) is 0 Å². The summed E-state index contributed by atoms with van der Waals surface area (Å²) >= 11 is 0. The lowest BCUT2D eigenvalue weighted by atomic mass is 10.3. The largest absolute Gasteiger partial charge is 0.356 e. The number of nitrogens with one attached hydrogen (secondary N) is 1. The molecule has 0 aromatic rings. The van der Waals surface area contributed by atoms with Gasteiger partial charge in [0.1, 0.15) is 5.78 Å². The van der Waals surface area contributed by atoms with E-state index in [1.54, 1.807) is 0 Å². The first-order valence-corrected chi connectivity index (χ1v) is 2.72. The molecule has 0 fully saturated rings. The number of amides is 1. The molecule has 51 valence electrons. The second-order valence-corrected chi connectivity index (χ2v) is 1.73. The molecule has 1 radical (unpaired) electrons. The summed E-state index contributed by atoms with van der Waals surface area (Å²) in [4.78, 5) is 20.7. The van der Waals surface area contributed by atoms with Crippen LogP contribution < -0.4 is 5.32 Å². The molecule has 0 aliphatic heterocycles. The molecule has 0 unspecified atom stereocenters. The van der Waals surface area contributed by atoms with Crippen molar-refractivity contribution in [1.29, 1.82) is 0 Å². The first kappa shape index (κ1) is 8.14. The normalized spacial score (nSPS) is 8.67. The lowest BCUT2D eigenvalue weighted by molar-refractivity contribution is -0.127. The number of hydrogen-bond donors (Lipinski definition) is 1. The SMILES string of the molecule is [CH2]CNC(=O)CC(C)=O. The van der Waals surface area contributed by atoms with E-state index in [0.717, 1.165) is 0 Å². The quantitative estimate of drug-likeness (QED) is 0.540. The van der Waals surface area contributed by atoms with Gasteiger partial charge in [0.15, 0.2) is 0 Å². The Labute approximate surface area is 54.4 Å². The first-order valence-electron chi connectivity index (χ1n) is 2.72. The zero-order valence-corrected chi connectivity index (χ0v) is 5.44. The van der Waals surface area contributed by atoms with Crippen molar-refractivity contribution < 1.29 is 9.59 Å². The van der Waals surface area contributed by atoms with Crippen LogP contribution in [0.2, 0.25) is 0 Å². The van der Waals surface area contributed by atoms with Gasteiger partial charge in [0.25, 0.3) is 0 Å². The van der Waals surface area contributed by atoms with Crippen molar-refractivity contribution >= 4 is 11.7 Å². The molecule has 0 aliphatic rings. The second-order valence-electron chi connectivity index (χ2n) is 1.73. The van der Waals surface area contributed by atoms with Crippen molar-refractivity contribution in [3.05, 3.63) is 6.92 Å². The van der Waals surface area contributed by atoms with Gasteiger partial charge in [-0.05, 0) is 13.8 Å². The molecule has 1 N–H and O–H groups in total. The molecule has 0 rings (SSSR count). The van der Waals surface area contributed by atoms with Crippen LogP contribution >= 0.6 is 0 Å². The molecular weight excluding hydrogens is 118 g/mol. The molecule has 0 aliphatic carbocycles. The average molecular weight is 128 g/mol. The van der Waals surface area contributed by atoms with Gasteiger partial charge in [0.05, 0.1) is 6.42 Å². The third-order valence-corrected chi connectivity index (χ3v) is 0.732. The van der Waals surface area contributed by atoms with Gasteiger partial charge < -0.3 is 5.32 Å². The maximum atomic E-state index is 10.5. The summed E-state index contributed by atoms with van der Waals surface area (Å²) in [5, 5.41) is 2.41. The van der Waals surface area contributed by atoms with E-state index in [-0.39, 0.29) is 18.1 Å². The van der Waals surface area contributed by atoms with Crippen LogP contribution in [-0.2, 0) is 9.59 Å². The van der Waals surface area contributed by atoms with Crippen LogP contribution in [0.3, 0.4) is 0 Å². The van der Waals surface area contributed by atoms with Crippen molar-refractivity contribution in [1.82, 2.24) is 5.32 Å². The third-order valence-electron chi connectivity index (χ3n) is 0.732. The van der Waals surface area contributed by atoms with Gasteiger partial charge in [-0.1, -0.05) is 0 Å². The highest BCUT2D eigenvalue weighted by Gasteiger charge is 2.00. The van der Waals surface area contributed by atoms with E-state index in [4.69, 9.17) is 0 Å². The number of carbonyl (C=O) groups excluding carboxylic acids is 2. The fourth-order valence-corrected chi connectivity index (χ4v) is 0.428. The highest BCUT2D eigenvalue weighted by molar-refractivity contribution is 5.96. The van der Waals surface area contributed by atoms with E-state index in [9.17, 15) is 9.59 Å². The Kier molecular flexibility index (Phi) is 3.67. The van der Waals surface area contributed by atoms with Gasteiger partial charge in [-0.3, -0.25) is 9.59 Å². The number of rotatable bonds is 3. The minimum Gasteiger partial charge on any atom is -0.356 e. The lowest BCUT2D eigenvalue weighted by Crippen LogP contribution is -2.24. The first-order chi connectivity index (χ1) is 4.16. The molecule has 0 bridgehead atoms. The summed E-state index contributed by atoms with van der Waals surface area (Å²) < 4.78 is 0. The average Bonchev–Trinajstić information content (AvgIpc) is 1.63. The zero-order valence-electron chi connectivity index (χ0n) is 5.44. The predicted molar refractivity (Wildman–Crippen MR) is 33.7 cm³/mol. The van der Waals surface area contributed by atoms with Crippen molar-refractivity contribution in [2.24, 2.45) is 0 Å². The molecule has 0 saturated carbocycles. The summed E-state index contributed by atoms with van der Waals surface area (Å²) in [6.07, 6.45) is -0.0322. The van der Waals surface area contributed by atoms with Crippen LogP contribution in [0.15, 0.2) is 0 Å². The summed E-state index contributed by atoms with van der Waals surface area (Å²) in [6, 6.07) is 0. The molecule has 3 nitrogen and oxygen atoms in total. The molecule has 9 heavy (non-hydrogen) atoms. The Bertz CT molecular complexity index is 120. The summed E-state index contributed by atoms with van der Waals surface area (Å²) in [5.41, 5.74) is 0. The topological polar surface area (TPSA) is 46.2 Å². The standard InChI is InChI=1S/C6H10NO2/c1-3-7-6(9)4-5(2)8/h1,3-4H2,2H3,(H,7,9). The lowest BCUT2D eigenvalue weighted by Gasteiger charge is -1.96. The van der Waals surface area contributed by atoms with Crippen LogP contribution in [0.5, 0.6) is 0 Å². The number of carbonyl (C=O) groups is 2. The van der Waals surface area contributed by atoms with E-state index >= 15 is 0 Å². The van der Waals surface area contributed by atoms with E-state index in [1.165, 1.54) is 6.92 Å². The maximum absolute atomic E-state index is 10.5. The van der Waals surface area contributed by atoms with Gasteiger partial charge in [0, 0.05) is 6.54 Å². The highest BCUT2D eigenvalue weighted by atomic mass is 16.2. The molecular formula is C6H10NO2. The number of hydrogen-bond acceptors (Lipinski definition) is 2. The Morgan fingerprint density at radius 3 is 2.44 bits per heavy atom. The molecule has 0 aromatic carbocycles. The Morgan fingerprint density at radius 2 is 2.11 bits per heavy atom. The fourth-order valence-electron chi connectivity index (χ4n) is 0.428. The zero-order chi connectivity index (χ0) is 7.28. The van der Waals surface area contributed by atoms with Crippen molar-refractivity contribution in [2.75, 3.05) is 6.54 Å². The molecule has 0 spiro atoms. The Morgan fingerprint density at radius 1 is 1.56 bits per heavy atom. The predicted octanol–water partition coefficient (Wildman–Crippen LogP) is -0.0842. The second kappa shape index (κ2) is 4.06. The van der Waals surface area contributed by atoms with Crippen LogP contribution in [-0.4, -0.2) is 18.2 Å². The smallest absolute Gasteiger partial charge is 0.227 e. The monoisotopic (exact) mass is 128 g/mol.